The Labute approximate surface area is 66.1 Å². The molecule has 1 rings (SSSR count). The first-order valence-corrected chi connectivity index (χ1v) is 6.98. The van der Waals surface area contributed by atoms with Gasteiger partial charge in [-0.05, 0) is 23.7 Å². The predicted molar refractivity (Wildman–Crippen MR) is 49.3 cm³/mol. The van der Waals surface area contributed by atoms with E-state index in [9.17, 15) is 0 Å². The monoisotopic (exact) mass is 184 g/mol. The molecule has 0 unspecified atom stereocenters. The number of thioether (sulfide) groups is 1. The maximum Gasteiger partial charge on any atom is 0.0597 e. The van der Waals surface area contributed by atoms with E-state index in [1.54, 1.807) is 0 Å². The van der Waals surface area contributed by atoms with Crippen LogP contribution in [-0.2, 0) is 0 Å². The predicted octanol–water partition coefficient (Wildman–Crippen LogP) is 3.45. The third-order valence-corrected chi connectivity index (χ3v) is 7.79. The van der Waals surface area contributed by atoms with Gasteiger partial charge < -0.3 is 0 Å². The largest absolute Gasteiger partial charge is 0.132 e. The van der Waals surface area contributed by atoms with E-state index in [1.165, 1.54) is 0 Å². The van der Waals surface area contributed by atoms with Gasteiger partial charge in [0, 0.05) is 0 Å². The summed E-state index contributed by atoms with van der Waals surface area (Å²) in [5, 5.41) is 0. The highest BCUT2D eigenvalue weighted by Crippen LogP contribution is 2.53. The molecule has 1 fully saturated rings. The average molecular weight is 184 g/mol. The topological polar surface area (TPSA) is 0 Å². The molecule has 0 bridgehead atoms. The highest BCUT2D eigenvalue weighted by atomic mass is 33.5. The van der Waals surface area contributed by atoms with E-state index in [0.29, 0.717) is 0 Å². The number of rotatable bonds is 0. The van der Waals surface area contributed by atoms with Gasteiger partial charge in [-0.1, -0.05) is 21.6 Å². The summed E-state index contributed by atoms with van der Waals surface area (Å²) in [6, 6.07) is 0. The Morgan fingerprint density at radius 1 is 1.00 bits per heavy atom. The second-order valence-corrected chi connectivity index (χ2v) is 8.54. The van der Waals surface area contributed by atoms with Crippen LogP contribution in [0.4, 0.5) is 0 Å². The quantitative estimate of drug-likeness (QED) is 0.529. The van der Waals surface area contributed by atoms with E-state index in [1.807, 2.05) is 43.2 Å². The van der Waals surface area contributed by atoms with Gasteiger partial charge in [-0.3, -0.25) is 0 Å². The number of hydrogen-bond donors (Lipinski definition) is 0. The van der Waals surface area contributed by atoms with Gasteiger partial charge in [-0.25, -0.2) is 0 Å². The minimum Gasteiger partial charge on any atom is -0.132 e. The van der Waals surface area contributed by atoms with E-state index in [-0.39, 0.29) is 0 Å². The second-order valence-electron chi connectivity index (χ2n) is 1.53. The molecule has 2 atom stereocenters. The average Bonchev–Trinajstić information content (AvgIpc) is 1.64. The first-order valence-electron chi connectivity index (χ1n) is 2.43. The van der Waals surface area contributed by atoms with Crippen LogP contribution in [0.15, 0.2) is 0 Å². The lowest BCUT2D eigenvalue weighted by atomic mass is 10.9. The van der Waals surface area contributed by atoms with Crippen molar-refractivity contribution in [3.8, 4) is 0 Å². The van der Waals surface area contributed by atoms with Crippen molar-refractivity contribution in [3.63, 3.8) is 0 Å². The fourth-order valence-electron chi connectivity index (χ4n) is 0.449. The molecule has 48 valence electrons. The summed E-state index contributed by atoms with van der Waals surface area (Å²) in [4.78, 5) is 0. The summed E-state index contributed by atoms with van der Waals surface area (Å²) >= 11 is 2.05. The van der Waals surface area contributed by atoms with Gasteiger partial charge in [0.05, 0.1) is 9.16 Å². The molecule has 4 heteroatoms. The van der Waals surface area contributed by atoms with Crippen LogP contribution >= 0.6 is 43.2 Å². The fourth-order valence-corrected chi connectivity index (χ4v) is 8.58. The molecule has 1 heterocycles. The van der Waals surface area contributed by atoms with Crippen molar-refractivity contribution in [2.24, 2.45) is 0 Å². The summed E-state index contributed by atoms with van der Waals surface area (Å²) in [5.74, 6) is 0. The zero-order valence-electron chi connectivity index (χ0n) is 4.79. The summed E-state index contributed by atoms with van der Waals surface area (Å²) in [6.07, 6.45) is 0. The zero-order chi connectivity index (χ0) is 5.98. The van der Waals surface area contributed by atoms with Crippen LogP contribution < -0.4 is 0 Å². The van der Waals surface area contributed by atoms with Gasteiger partial charge in [-0.15, -0.1) is 11.8 Å². The Kier molecular flexibility index (Phi) is 3.32. The smallest absolute Gasteiger partial charge is 0.0597 e. The first kappa shape index (κ1) is 7.51. The van der Waals surface area contributed by atoms with Gasteiger partial charge in [0.2, 0.25) is 0 Å². The molecule has 1 saturated heterocycles. The van der Waals surface area contributed by atoms with E-state index in [0.717, 1.165) is 9.16 Å². The SMILES string of the molecule is C[C@@H]1SSS[C@H](C)S1. The van der Waals surface area contributed by atoms with Crippen LogP contribution in [0.1, 0.15) is 13.8 Å². The molecule has 1 aliphatic rings. The van der Waals surface area contributed by atoms with Crippen LogP contribution in [0.2, 0.25) is 0 Å². The lowest BCUT2D eigenvalue weighted by Gasteiger charge is -2.20. The molecule has 0 radical (unpaired) electrons. The second kappa shape index (κ2) is 3.54. The molecular formula is C4H8S4. The highest BCUT2D eigenvalue weighted by molar-refractivity contribution is 9.11. The highest BCUT2D eigenvalue weighted by Gasteiger charge is 2.16. The molecule has 0 spiro atoms. The minimum absolute atomic E-state index is 0.788. The Morgan fingerprint density at radius 3 is 1.75 bits per heavy atom. The molecule has 0 aromatic rings. The van der Waals surface area contributed by atoms with Crippen LogP contribution in [0.3, 0.4) is 0 Å². The molecule has 0 aromatic heterocycles. The maximum atomic E-state index is 2.26. The molecule has 0 saturated carbocycles. The van der Waals surface area contributed by atoms with Crippen LogP contribution in [0, 0.1) is 0 Å². The molecule has 8 heavy (non-hydrogen) atoms. The van der Waals surface area contributed by atoms with Gasteiger partial charge in [0.25, 0.3) is 0 Å². The molecule has 0 aliphatic carbocycles. The standard InChI is InChI=1S/C4H8S4/c1-3-5-4(2)7-8-6-3/h3-4H,1-2H3/t3-,4+. The van der Waals surface area contributed by atoms with Gasteiger partial charge in [0.1, 0.15) is 0 Å². The van der Waals surface area contributed by atoms with Crippen molar-refractivity contribution in [3.05, 3.63) is 0 Å². The number of hydrogen-bond acceptors (Lipinski definition) is 4. The summed E-state index contributed by atoms with van der Waals surface area (Å²) in [6.45, 7) is 4.52. The Morgan fingerprint density at radius 2 is 1.50 bits per heavy atom. The lowest BCUT2D eigenvalue weighted by Crippen LogP contribution is -1.97. The van der Waals surface area contributed by atoms with E-state index >= 15 is 0 Å². The van der Waals surface area contributed by atoms with Crippen molar-refractivity contribution in [1.29, 1.82) is 0 Å². The molecular weight excluding hydrogens is 176 g/mol. The van der Waals surface area contributed by atoms with Crippen molar-refractivity contribution in [1.82, 2.24) is 0 Å². The van der Waals surface area contributed by atoms with E-state index in [4.69, 9.17) is 0 Å². The third kappa shape index (κ3) is 2.33. The van der Waals surface area contributed by atoms with Crippen LogP contribution in [-0.4, -0.2) is 9.16 Å². The molecule has 0 aromatic carbocycles. The fraction of sp³-hybridized carbons (Fsp3) is 1.00. The Hall–Kier alpha value is 1.40. The van der Waals surface area contributed by atoms with Gasteiger partial charge in [-0.2, -0.15) is 0 Å². The van der Waals surface area contributed by atoms with Crippen LogP contribution in [0.5, 0.6) is 0 Å². The lowest BCUT2D eigenvalue weighted by molar-refractivity contribution is 1.36. The maximum absolute atomic E-state index is 2.26. The zero-order valence-corrected chi connectivity index (χ0v) is 8.05. The van der Waals surface area contributed by atoms with E-state index < -0.39 is 0 Å². The van der Waals surface area contributed by atoms with Crippen molar-refractivity contribution < 1.29 is 0 Å². The summed E-state index contributed by atoms with van der Waals surface area (Å²) in [5.41, 5.74) is 0. The van der Waals surface area contributed by atoms with Gasteiger partial charge in [0.15, 0.2) is 0 Å². The van der Waals surface area contributed by atoms with Crippen molar-refractivity contribution in [2.45, 2.75) is 23.0 Å². The molecule has 0 nitrogen and oxygen atoms in total. The van der Waals surface area contributed by atoms with Crippen molar-refractivity contribution in [2.75, 3.05) is 0 Å². The first-order chi connectivity index (χ1) is 3.79. The normalized spacial score (nSPS) is 39.8. The molecule has 1 aliphatic heterocycles. The summed E-state index contributed by atoms with van der Waals surface area (Å²) < 4.78 is 1.58. The Bertz CT molecular complexity index is 66.4. The minimum atomic E-state index is 0.788. The van der Waals surface area contributed by atoms with Gasteiger partial charge >= 0.3 is 0 Å². The molecule has 0 N–H and O–H groups in total. The Balaban J connectivity index is 2.23. The molecule has 0 amide bonds. The van der Waals surface area contributed by atoms with Crippen LogP contribution in [0.25, 0.3) is 0 Å². The summed E-state index contributed by atoms with van der Waals surface area (Å²) in [7, 11) is 5.85. The third-order valence-electron chi connectivity index (χ3n) is 0.733. The van der Waals surface area contributed by atoms with E-state index in [2.05, 4.69) is 13.8 Å². The van der Waals surface area contributed by atoms with Crippen molar-refractivity contribution >= 4 is 43.2 Å².